The van der Waals surface area contributed by atoms with Gasteiger partial charge in [-0.1, -0.05) is 25.7 Å². The van der Waals surface area contributed by atoms with Crippen LogP contribution in [0.4, 0.5) is 4.39 Å². The van der Waals surface area contributed by atoms with Crippen LogP contribution in [-0.2, 0) is 0 Å². The smallest absolute Gasteiger partial charge is 0.253 e. The van der Waals surface area contributed by atoms with E-state index in [0.717, 1.165) is 29.9 Å². The van der Waals surface area contributed by atoms with Gasteiger partial charge in [0, 0.05) is 23.1 Å². The molecule has 1 amide bonds. The second kappa shape index (κ2) is 7.20. The average molecular weight is 328 g/mol. The van der Waals surface area contributed by atoms with Crippen LogP contribution in [0.2, 0.25) is 0 Å². The maximum Gasteiger partial charge on any atom is 0.253 e. The fourth-order valence-corrected chi connectivity index (χ4v) is 3.67. The minimum absolute atomic E-state index is 0.00311. The monoisotopic (exact) mass is 328 g/mol. The number of nitrogens with zero attached hydrogens (tertiary/aromatic N) is 1. The normalized spacial score (nSPS) is 16.0. The van der Waals surface area contributed by atoms with Gasteiger partial charge in [0.25, 0.3) is 5.91 Å². The number of rotatable bonds is 3. The van der Waals surface area contributed by atoms with E-state index in [4.69, 9.17) is 0 Å². The van der Waals surface area contributed by atoms with Gasteiger partial charge in [0.05, 0.1) is 5.56 Å². The fourth-order valence-electron chi connectivity index (χ4n) is 3.67. The van der Waals surface area contributed by atoms with Crippen molar-refractivity contribution in [2.45, 2.75) is 58.4 Å². The molecule has 1 heterocycles. The molecule has 128 valence electrons. The number of halogens is 1. The summed E-state index contributed by atoms with van der Waals surface area (Å²) < 4.78 is 15.2. The number of nitrogens with one attached hydrogen (secondary N) is 1. The first-order chi connectivity index (χ1) is 11.6. The van der Waals surface area contributed by atoms with Crippen LogP contribution in [0, 0.1) is 19.7 Å². The minimum atomic E-state index is -0.257. The average Bonchev–Trinajstić information content (AvgIpc) is 2.74. The molecular formula is C20H25FN2O. The van der Waals surface area contributed by atoms with Gasteiger partial charge in [-0.05, 0) is 57.0 Å². The van der Waals surface area contributed by atoms with E-state index in [2.05, 4.69) is 5.32 Å². The molecular weight excluding hydrogens is 303 g/mol. The van der Waals surface area contributed by atoms with Crippen molar-refractivity contribution in [3.8, 4) is 5.69 Å². The minimum Gasteiger partial charge on any atom is -0.349 e. The largest absolute Gasteiger partial charge is 0.349 e. The molecule has 0 saturated heterocycles. The summed E-state index contributed by atoms with van der Waals surface area (Å²) in [5.74, 6) is -0.254. The van der Waals surface area contributed by atoms with Crippen LogP contribution in [0.1, 0.15) is 60.3 Å². The van der Waals surface area contributed by atoms with Gasteiger partial charge in [0.2, 0.25) is 0 Å². The van der Waals surface area contributed by atoms with Gasteiger partial charge in [0.1, 0.15) is 5.82 Å². The summed E-state index contributed by atoms with van der Waals surface area (Å²) in [7, 11) is 0. The molecule has 1 fully saturated rings. The standard InChI is InChI=1S/C20H25FN2O/c1-14-13-19(20(24)22-17-7-5-3-4-6-8-17)15(2)23(14)18-11-9-16(21)10-12-18/h9-13,17H,3-8H2,1-2H3,(H,22,24). The van der Waals surface area contributed by atoms with Gasteiger partial charge >= 0.3 is 0 Å². The Morgan fingerprint density at radius 3 is 2.33 bits per heavy atom. The van der Waals surface area contributed by atoms with Gasteiger partial charge in [0.15, 0.2) is 0 Å². The van der Waals surface area contributed by atoms with E-state index in [1.807, 2.05) is 24.5 Å². The molecule has 3 nitrogen and oxygen atoms in total. The van der Waals surface area contributed by atoms with Crippen molar-refractivity contribution in [2.75, 3.05) is 0 Å². The maximum absolute atomic E-state index is 13.2. The molecule has 1 aromatic carbocycles. The Bertz CT molecular complexity index is 710. The molecule has 2 aromatic rings. The summed E-state index contributed by atoms with van der Waals surface area (Å²) in [6.07, 6.45) is 7.07. The third-order valence-corrected chi connectivity index (χ3v) is 4.95. The van der Waals surface area contributed by atoms with Crippen LogP contribution in [-0.4, -0.2) is 16.5 Å². The summed E-state index contributed by atoms with van der Waals surface area (Å²) in [4.78, 5) is 12.7. The van der Waals surface area contributed by atoms with Gasteiger partial charge in [-0.15, -0.1) is 0 Å². The van der Waals surface area contributed by atoms with Crippen molar-refractivity contribution in [3.05, 3.63) is 53.1 Å². The molecule has 0 spiro atoms. The number of carbonyl (C=O) groups is 1. The number of hydrogen-bond acceptors (Lipinski definition) is 1. The summed E-state index contributed by atoms with van der Waals surface area (Å²) >= 11 is 0. The highest BCUT2D eigenvalue weighted by atomic mass is 19.1. The Labute approximate surface area is 142 Å². The van der Waals surface area contributed by atoms with Crippen LogP contribution >= 0.6 is 0 Å². The lowest BCUT2D eigenvalue weighted by Gasteiger charge is -2.16. The number of amides is 1. The molecule has 0 aliphatic heterocycles. The Morgan fingerprint density at radius 1 is 1.08 bits per heavy atom. The SMILES string of the molecule is Cc1cc(C(=O)NC2CCCCCC2)c(C)n1-c1ccc(F)cc1. The van der Waals surface area contributed by atoms with E-state index in [0.29, 0.717) is 5.56 Å². The Hall–Kier alpha value is -2.10. The highest BCUT2D eigenvalue weighted by molar-refractivity contribution is 5.96. The van der Waals surface area contributed by atoms with Gasteiger partial charge in [-0.25, -0.2) is 4.39 Å². The van der Waals surface area contributed by atoms with Crippen LogP contribution < -0.4 is 5.32 Å². The highest BCUT2D eigenvalue weighted by Crippen LogP contribution is 2.22. The van der Waals surface area contributed by atoms with Gasteiger partial charge in [-0.2, -0.15) is 0 Å². The Morgan fingerprint density at radius 2 is 1.71 bits per heavy atom. The zero-order valence-electron chi connectivity index (χ0n) is 14.4. The van der Waals surface area contributed by atoms with E-state index in [1.54, 1.807) is 12.1 Å². The third kappa shape index (κ3) is 3.53. The molecule has 24 heavy (non-hydrogen) atoms. The summed E-state index contributed by atoms with van der Waals surface area (Å²) in [5, 5.41) is 3.20. The van der Waals surface area contributed by atoms with E-state index < -0.39 is 0 Å². The molecule has 1 aliphatic carbocycles. The fraction of sp³-hybridized carbons (Fsp3) is 0.450. The number of hydrogen-bond donors (Lipinski definition) is 1. The van der Waals surface area contributed by atoms with Gasteiger partial charge < -0.3 is 9.88 Å². The van der Waals surface area contributed by atoms with E-state index in [-0.39, 0.29) is 17.8 Å². The lowest BCUT2D eigenvalue weighted by Crippen LogP contribution is -2.34. The summed E-state index contributed by atoms with van der Waals surface area (Å²) in [6.45, 7) is 3.91. The lowest BCUT2D eigenvalue weighted by molar-refractivity contribution is 0.0933. The van der Waals surface area contributed by atoms with Crippen molar-refractivity contribution in [3.63, 3.8) is 0 Å². The molecule has 0 atom stereocenters. The van der Waals surface area contributed by atoms with Crippen LogP contribution in [0.25, 0.3) is 5.69 Å². The number of aryl methyl sites for hydroxylation is 1. The molecule has 0 radical (unpaired) electrons. The number of benzene rings is 1. The van der Waals surface area contributed by atoms with Crippen molar-refractivity contribution < 1.29 is 9.18 Å². The van der Waals surface area contributed by atoms with E-state index in [1.165, 1.54) is 37.8 Å². The van der Waals surface area contributed by atoms with Crippen LogP contribution in [0.5, 0.6) is 0 Å². The third-order valence-electron chi connectivity index (χ3n) is 4.95. The van der Waals surface area contributed by atoms with Crippen molar-refractivity contribution in [2.24, 2.45) is 0 Å². The first kappa shape index (κ1) is 16.7. The topological polar surface area (TPSA) is 34.0 Å². The molecule has 1 aromatic heterocycles. The molecule has 0 bridgehead atoms. The predicted molar refractivity (Wildman–Crippen MR) is 94.2 cm³/mol. The van der Waals surface area contributed by atoms with Crippen LogP contribution in [0.3, 0.4) is 0 Å². The molecule has 1 saturated carbocycles. The van der Waals surface area contributed by atoms with Crippen molar-refractivity contribution >= 4 is 5.91 Å². The van der Waals surface area contributed by atoms with E-state index in [9.17, 15) is 9.18 Å². The lowest BCUT2D eigenvalue weighted by atomic mass is 10.1. The molecule has 1 aliphatic rings. The molecule has 1 N–H and O–H groups in total. The molecule has 3 rings (SSSR count). The van der Waals surface area contributed by atoms with E-state index >= 15 is 0 Å². The maximum atomic E-state index is 13.2. The highest BCUT2D eigenvalue weighted by Gasteiger charge is 2.20. The zero-order chi connectivity index (χ0) is 17.1. The first-order valence-corrected chi connectivity index (χ1v) is 8.82. The summed E-state index contributed by atoms with van der Waals surface area (Å²) in [6, 6.07) is 8.57. The Balaban J connectivity index is 1.82. The molecule has 0 unspecified atom stereocenters. The summed E-state index contributed by atoms with van der Waals surface area (Å²) in [5.41, 5.74) is 3.45. The Kier molecular flexibility index (Phi) is 5.03. The predicted octanol–water partition coefficient (Wildman–Crippen LogP) is 4.69. The second-order valence-corrected chi connectivity index (χ2v) is 6.76. The van der Waals surface area contributed by atoms with Gasteiger partial charge in [-0.3, -0.25) is 4.79 Å². The van der Waals surface area contributed by atoms with Crippen LogP contribution in [0.15, 0.2) is 30.3 Å². The van der Waals surface area contributed by atoms with Crippen molar-refractivity contribution in [1.82, 2.24) is 9.88 Å². The number of aromatic nitrogens is 1. The number of carbonyl (C=O) groups excluding carboxylic acids is 1. The molecule has 4 heteroatoms. The zero-order valence-corrected chi connectivity index (χ0v) is 14.4. The first-order valence-electron chi connectivity index (χ1n) is 8.82. The quantitative estimate of drug-likeness (QED) is 0.815. The second-order valence-electron chi connectivity index (χ2n) is 6.76. The van der Waals surface area contributed by atoms with Crippen molar-refractivity contribution in [1.29, 1.82) is 0 Å².